The maximum atomic E-state index is 11.5. The van der Waals surface area contributed by atoms with Crippen LogP contribution in [0.3, 0.4) is 0 Å². The lowest BCUT2D eigenvalue weighted by molar-refractivity contribution is -0.393. The number of aromatic nitrogens is 2. The molecule has 36 heavy (non-hydrogen) atoms. The van der Waals surface area contributed by atoms with Gasteiger partial charge in [-0.15, -0.1) is 0 Å². The lowest BCUT2D eigenvalue weighted by Gasteiger charge is -2.02. The quantitative estimate of drug-likeness (QED) is 0.226. The topological polar surface area (TPSA) is 204 Å². The number of nitrogens with zero attached hydrogens (tertiary/aromatic N) is 4. The highest BCUT2D eigenvalue weighted by atomic mass is 16.6. The minimum Gasteiger partial charge on any atom is -0.354 e. The summed E-state index contributed by atoms with van der Waals surface area (Å²) in [5, 5.41) is 45.7. The molecule has 0 radical (unpaired) electrons. The van der Waals surface area contributed by atoms with Crippen LogP contribution in [0.15, 0.2) is 60.7 Å². The molecule has 2 N–H and O–H groups in total. The fraction of sp³-hybridized carbons (Fsp3) is 0. The van der Waals surface area contributed by atoms with Crippen LogP contribution >= 0.6 is 0 Å². The number of non-ortho nitro benzene ring substituents is 4. The number of aromatic amines is 2. The van der Waals surface area contributed by atoms with Gasteiger partial charge in [0.05, 0.1) is 53.6 Å². The van der Waals surface area contributed by atoms with Crippen molar-refractivity contribution in [2.24, 2.45) is 0 Å². The van der Waals surface area contributed by atoms with Gasteiger partial charge in [-0.2, -0.15) is 0 Å². The van der Waals surface area contributed by atoms with Crippen molar-refractivity contribution in [3.05, 3.63) is 101 Å². The molecule has 2 heterocycles. The zero-order valence-electron chi connectivity index (χ0n) is 17.8. The van der Waals surface area contributed by atoms with Gasteiger partial charge in [0.25, 0.3) is 22.7 Å². The van der Waals surface area contributed by atoms with Crippen LogP contribution in [0.4, 0.5) is 22.7 Å². The van der Waals surface area contributed by atoms with Gasteiger partial charge < -0.3 is 9.97 Å². The smallest absolute Gasteiger partial charge is 0.285 e. The van der Waals surface area contributed by atoms with Crippen LogP contribution in [0, 0.1) is 40.5 Å². The minimum absolute atomic E-state index is 0.194. The molecule has 0 amide bonds. The molecule has 0 unspecified atom stereocenters. The van der Waals surface area contributed by atoms with Crippen molar-refractivity contribution in [2.75, 3.05) is 0 Å². The molecule has 178 valence electrons. The van der Waals surface area contributed by atoms with E-state index in [2.05, 4.69) is 9.97 Å². The monoisotopic (exact) mass is 488 g/mol. The van der Waals surface area contributed by atoms with Crippen LogP contribution in [0.1, 0.15) is 0 Å². The third kappa shape index (κ3) is 3.63. The number of nitro benzene ring substituents is 4. The van der Waals surface area contributed by atoms with Crippen LogP contribution in [-0.4, -0.2) is 29.7 Å². The Morgan fingerprint density at radius 3 is 1.31 bits per heavy atom. The summed E-state index contributed by atoms with van der Waals surface area (Å²) >= 11 is 0. The third-order valence-electron chi connectivity index (χ3n) is 5.70. The number of nitro groups is 4. The summed E-state index contributed by atoms with van der Waals surface area (Å²) in [7, 11) is 0. The molecular formula is C22H12N6O8. The van der Waals surface area contributed by atoms with Crippen molar-refractivity contribution < 1.29 is 19.7 Å². The number of hydrogen-bond donors (Lipinski definition) is 2. The normalized spacial score (nSPS) is 11.1. The summed E-state index contributed by atoms with van der Waals surface area (Å²) in [4.78, 5) is 48.4. The molecule has 14 nitrogen and oxygen atoms in total. The van der Waals surface area contributed by atoms with E-state index < -0.39 is 42.4 Å². The molecule has 5 rings (SSSR count). The van der Waals surface area contributed by atoms with E-state index in [-0.39, 0.29) is 21.8 Å². The van der Waals surface area contributed by atoms with E-state index in [1.54, 1.807) is 24.3 Å². The van der Waals surface area contributed by atoms with Gasteiger partial charge in [0, 0.05) is 23.5 Å². The van der Waals surface area contributed by atoms with Crippen LogP contribution < -0.4 is 0 Å². The molecule has 0 fully saturated rings. The van der Waals surface area contributed by atoms with E-state index in [1.165, 1.54) is 24.3 Å². The number of nitrogens with one attached hydrogen (secondary N) is 2. The number of H-pyrrole nitrogens is 2. The SMILES string of the molecule is O=[N+]([O-])c1cc([N+](=O)[O-])c2cc(-c3cccc(-c4cc5c([N+](=O)[O-])cc([N+](=O)[O-])cc5[nH]4)c3)[nH]c2c1. The Balaban J connectivity index is 1.63. The standard InChI is InChI=1S/C22H12N6O8/c29-25(30)13-5-19-15(21(7-13)27(33)34)9-17(23-19)11-2-1-3-12(4-11)18-10-16-20(24-18)6-14(26(31)32)8-22(16)28(35)36/h1-10,23-24H. The molecule has 2 aromatic heterocycles. The van der Waals surface area contributed by atoms with E-state index in [0.29, 0.717) is 22.5 Å². The maximum absolute atomic E-state index is 11.5. The highest BCUT2D eigenvalue weighted by Gasteiger charge is 2.23. The van der Waals surface area contributed by atoms with Gasteiger partial charge in [-0.1, -0.05) is 18.2 Å². The lowest BCUT2D eigenvalue weighted by Crippen LogP contribution is -1.93. The highest BCUT2D eigenvalue weighted by Crippen LogP contribution is 2.37. The zero-order chi connectivity index (χ0) is 25.7. The number of fused-ring (bicyclic) bond motifs is 2. The predicted octanol–water partition coefficient (Wildman–Crippen LogP) is 5.62. The molecule has 0 aliphatic rings. The van der Waals surface area contributed by atoms with E-state index in [0.717, 1.165) is 12.1 Å². The van der Waals surface area contributed by atoms with Gasteiger partial charge in [-0.05, 0) is 29.3 Å². The zero-order valence-corrected chi connectivity index (χ0v) is 17.8. The molecule has 0 aliphatic carbocycles. The molecule has 0 saturated heterocycles. The fourth-order valence-corrected chi connectivity index (χ4v) is 4.09. The van der Waals surface area contributed by atoms with Gasteiger partial charge in [0.15, 0.2) is 0 Å². The molecule has 14 heteroatoms. The highest BCUT2D eigenvalue weighted by molar-refractivity contribution is 5.96. The van der Waals surface area contributed by atoms with Crippen LogP contribution in [0.25, 0.3) is 44.3 Å². The molecule has 0 saturated carbocycles. The Kier molecular flexibility index (Phi) is 4.91. The summed E-state index contributed by atoms with van der Waals surface area (Å²) in [6.45, 7) is 0. The van der Waals surface area contributed by atoms with Crippen molar-refractivity contribution in [3.63, 3.8) is 0 Å². The van der Waals surface area contributed by atoms with Crippen LogP contribution in [0.5, 0.6) is 0 Å². The van der Waals surface area contributed by atoms with Crippen molar-refractivity contribution in [1.29, 1.82) is 0 Å². The first-order chi connectivity index (χ1) is 17.1. The Morgan fingerprint density at radius 1 is 0.528 bits per heavy atom. The lowest BCUT2D eigenvalue weighted by atomic mass is 10.1. The number of benzene rings is 3. The summed E-state index contributed by atoms with van der Waals surface area (Å²) in [5.74, 6) is 0. The van der Waals surface area contributed by atoms with E-state index in [4.69, 9.17) is 0 Å². The Labute approximate surface area is 198 Å². The Hall–Kier alpha value is -5.66. The second kappa shape index (κ2) is 7.98. The first-order valence-corrected chi connectivity index (χ1v) is 10.1. The summed E-state index contributed by atoms with van der Waals surface area (Å²) in [5.41, 5.74) is 0.815. The van der Waals surface area contributed by atoms with Crippen molar-refractivity contribution in [1.82, 2.24) is 9.97 Å². The number of hydrogen-bond acceptors (Lipinski definition) is 8. The van der Waals surface area contributed by atoms with Crippen LogP contribution in [-0.2, 0) is 0 Å². The van der Waals surface area contributed by atoms with Crippen molar-refractivity contribution in [2.45, 2.75) is 0 Å². The molecule has 5 aromatic rings. The molecule has 3 aromatic carbocycles. The Bertz CT molecular complexity index is 1640. The molecule has 0 bridgehead atoms. The average molecular weight is 488 g/mol. The van der Waals surface area contributed by atoms with E-state index in [9.17, 15) is 40.5 Å². The maximum Gasteiger partial charge on any atom is 0.285 e. The van der Waals surface area contributed by atoms with Gasteiger partial charge >= 0.3 is 0 Å². The predicted molar refractivity (Wildman–Crippen MR) is 128 cm³/mol. The number of rotatable bonds is 6. The minimum atomic E-state index is -0.715. The summed E-state index contributed by atoms with van der Waals surface area (Å²) in [6.07, 6.45) is 0. The van der Waals surface area contributed by atoms with E-state index in [1.807, 2.05) is 0 Å². The third-order valence-corrected chi connectivity index (χ3v) is 5.70. The van der Waals surface area contributed by atoms with Gasteiger partial charge in [0.1, 0.15) is 0 Å². The van der Waals surface area contributed by atoms with Gasteiger partial charge in [-0.25, -0.2) is 0 Å². The first-order valence-electron chi connectivity index (χ1n) is 10.1. The van der Waals surface area contributed by atoms with Crippen molar-refractivity contribution >= 4 is 44.6 Å². The van der Waals surface area contributed by atoms with E-state index >= 15 is 0 Å². The molecule has 0 aliphatic heterocycles. The van der Waals surface area contributed by atoms with Gasteiger partial charge in [0.2, 0.25) is 0 Å². The van der Waals surface area contributed by atoms with Crippen molar-refractivity contribution in [3.8, 4) is 22.5 Å². The van der Waals surface area contributed by atoms with Crippen LogP contribution in [0.2, 0.25) is 0 Å². The average Bonchev–Trinajstić information content (AvgIpc) is 3.46. The molecule has 0 atom stereocenters. The first kappa shape index (κ1) is 22.1. The largest absolute Gasteiger partial charge is 0.354 e. The summed E-state index contributed by atoms with van der Waals surface area (Å²) in [6, 6.07) is 14.0. The second-order valence-electron chi connectivity index (χ2n) is 7.83. The summed E-state index contributed by atoms with van der Waals surface area (Å²) < 4.78 is 0. The second-order valence-corrected chi connectivity index (χ2v) is 7.83. The molecular weight excluding hydrogens is 476 g/mol. The Morgan fingerprint density at radius 2 is 0.944 bits per heavy atom. The van der Waals surface area contributed by atoms with Gasteiger partial charge in [-0.3, -0.25) is 40.5 Å². The molecule has 0 spiro atoms. The fourth-order valence-electron chi connectivity index (χ4n) is 4.09.